The second kappa shape index (κ2) is 10.3. The van der Waals surface area contributed by atoms with Gasteiger partial charge in [-0.15, -0.1) is 6.42 Å². The van der Waals surface area contributed by atoms with Crippen LogP contribution in [-0.4, -0.2) is 71.0 Å². The van der Waals surface area contributed by atoms with Crippen molar-refractivity contribution in [2.75, 3.05) is 13.2 Å². The first kappa shape index (κ1) is 25.0. The van der Waals surface area contributed by atoms with Crippen LogP contribution in [0.15, 0.2) is 12.3 Å². The normalized spacial score (nSPS) is 35.9. The van der Waals surface area contributed by atoms with Gasteiger partial charge in [-0.1, -0.05) is 5.92 Å². The Morgan fingerprint density at radius 3 is 2.79 bits per heavy atom. The van der Waals surface area contributed by atoms with Gasteiger partial charge in [-0.25, -0.2) is 4.57 Å². The number of carbonyl (C=O) groups is 3. The summed E-state index contributed by atoms with van der Waals surface area (Å²) in [5.74, 6) is 0.938. The number of hydrogen-bond acceptors (Lipinski definition) is 10. The molecule has 11 nitrogen and oxygen atoms in total. The van der Waals surface area contributed by atoms with E-state index in [1.165, 1.54) is 12.3 Å². The second-order valence-electron chi connectivity index (χ2n) is 8.71. The SMILES string of the molecule is C#C[C@@]1(O)[C@@H]2O[P@@](=O)(OCCCCC(=O)OC3CCCC3)OC[C@H]2O[C@H]1N1C=CC(=O)CC1=O. The summed E-state index contributed by atoms with van der Waals surface area (Å²) < 4.78 is 40.1. The van der Waals surface area contributed by atoms with E-state index in [9.17, 15) is 24.1 Å². The van der Waals surface area contributed by atoms with Gasteiger partial charge in [-0.05, 0) is 44.6 Å². The maximum Gasteiger partial charge on any atom is 0.475 e. The van der Waals surface area contributed by atoms with Crippen LogP contribution in [0.1, 0.15) is 51.4 Å². The molecule has 4 rings (SSSR count). The number of nitrogens with zero attached hydrogens (tertiary/aromatic N) is 1. The van der Waals surface area contributed by atoms with Crippen LogP contribution >= 0.6 is 7.82 Å². The Morgan fingerprint density at radius 2 is 2.09 bits per heavy atom. The first-order valence-corrected chi connectivity index (χ1v) is 12.8. The van der Waals surface area contributed by atoms with Crippen LogP contribution in [0.25, 0.3) is 0 Å². The molecule has 3 heterocycles. The predicted molar refractivity (Wildman–Crippen MR) is 115 cm³/mol. The number of esters is 1. The highest BCUT2D eigenvalue weighted by Crippen LogP contribution is 2.57. The number of ether oxygens (including phenoxy) is 2. The first-order valence-electron chi connectivity index (χ1n) is 11.4. The molecule has 0 aromatic carbocycles. The van der Waals surface area contributed by atoms with E-state index in [0.29, 0.717) is 12.8 Å². The molecule has 5 atom stereocenters. The van der Waals surface area contributed by atoms with Gasteiger partial charge in [-0.2, -0.15) is 0 Å². The lowest BCUT2D eigenvalue weighted by atomic mass is 9.94. The number of unbranched alkanes of at least 4 members (excludes halogenated alkanes) is 1. The lowest BCUT2D eigenvalue weighted by Crippen LogP contribution is -2.56. The average molecular weight is 497 g/mol. The predicted octanol–water partition coefficient (Wildman–Crippen LogP) is 1.59. The van der Waals surface area contributed by atoms with E-state index in [4.69, 9.17) is 29.5 Å². The minimum Gasteiger partial charge on any atom is -0.462 e. The van der Waals surface area contributed by atoms with Crippen LogP contribution in [0.3, 0.4) is 0 Å². The van der Waals surface area contributed by atoms with Gasteiger partial charge in [0.05, 0.1) is 19.6 Å². The van der Waals surface area contributed by atoms with Crippen LogP contribution in [0.5, 0.6) is 0 Å². The largest absolute Gasteiger partial charge is 0.475 e. The van der Waals surface area contributed by atoms with Gasteiger partial charge in [0, 0.05) is 12.6 Å². The van der Waals surface area contributed by atoms with Gasteiger partial charge in [-0.3, -0.25) is 32.9 Å². The van der Waals surface area contributed by atoms with Gasteiger partial charge in [0.15, 0.2) is 17.6 Å². The summed E-state index contributed by atoms with van der Waals surface area (Å²) in [5, 5.41) is 11.1. The molecule has 0 spiro atoms. The highest BCUT2D eigenvalue weighted by Gasteiger charge is 2.63. The third-order valence-corrected chi connectivity index (χ3v) is 7.68. The molecule has 4 aliphatic rings. The molecule has 1 N–H and O–H groups in total. The van der Waals surface area contributed by atoms with Crippen molar-refractivity contribution < 1.29 is 47.1 Å². The number of phosphoric ester groups is 1. The quantitative estimate of drug-likeness (QED) is 0.173. The average Bonchev–Trinajstić information content (AvgIpc) is 3.40. The number of amides is 1. The molecule has 3 fully saturated rings. The van der Waals surface area contributed by atoms with Crippen molar-refractivity contribution in [3.05, 3.63) is 12.3 Å². The molecular weight excluding hydrogens is 469 g/mol. The number of rotatable bonds is 8. The van der Waals surface area contributed by atoms with Crippen LogP contribution < -0.4 is 0 Å². The number of aliphatic hydroxyl groups is 1. The number of terminal acetylenes is 1. The molecule has 12 heteroatoms. The molecule has 0 radical (unpaired) electrons. The zero-order chi connectivity index (χ0) is 24.3. The molecular formula is C22H28NO10P. The first-order chi connectivity index (χ1) is 16.2. The summed E-state index contributed by atoms with van der Waals surface area (Å²) in [4.78, 5) is 36.7. The minimum atomic E-state index is -4.08. The van der Waals surface area contributed by atoms with E-state index < -0.39 is 37.8 Å². The Hall–Kier alpha value is -2.06. The van der Waals surface area contributed by atoms with E-state index >= 15 is 0 Å². The molecule has 0 bridgehead atoms. The van der Waals surface area contributed by atoms with Gasteiger partial charge in [0.25, 0.3) is 0 Å². The lowest BCUT2D eigenvalue weighted by Gasteiger charge is -2.36. The molecule has 1 amide bonds. The fourth-order valence-corrected chi connectivity index (χ4v) is 5.88. The molecule has 186 valence electrons. The molecule has 0 aromatic rings. The minimum absolute atomic E-state index is 0.0140. The topological polar surface area (TPSA) is 138 Å². The lowest BCUT2D eigenvalue weighted by molar-refractivity contribution is -0.153. The zero-order valence-electron chi connectivity index (χ0n) is 18.6. The highest BCUT2D eigenvalue weighted by molar-refractivity contribution is 7.48. The van der Waals surface area contributed by atoms with E-state index in [1.54, 1.807) is 0 Å². The smallest absolute Gasteiger partial charge is 0.462 e. The molecule has 2 saturated heterocycles. The highest BCUT2D eigenvalue weighted by atomic mass is 31.2. The number of carbonyl (C=O) groups excluding carboxylic acids is 3. The van der Waals surface area contributed by atoms with Crippen molar-refractivity contribution in [3.8, 4) is 12.3 Å². The van der Waals surface area contributed by atoms with E-state index in [2.05, 4.69) is 5.92 Å². The number of ketones is 1. The zero-order valence-corrected chi connectivity index (χ0v) is 19.5. The van der Waals surface area contributed by atoms with Crippen molar-refractivity contribution in [3.63, 3.8) is 0 Å². The van der Waals surface area contributed by atoms with Crippen LogP contribution in [0.4, 0.5) is 0 Å². The molecule has 0 unspecified atom stereocenters. The van der Waals surface area contributed by atoms with E-state index in [1.807, 2.05) is 0 Å². The summed E-state index contributed by atoms with van der Waals surface area (Å²) in [7, 11) is -4.08. The molecule has 1 saturated carbocycles. The fourth-order valence-electron chi connectivity index (χ4n) is 4.43. The van der Waals surface area contributed by atoms with E-state index in [0.717, 1.165) is 30.6 Å². The Bertz CT molecular complexity index is 938. The molecule has 3 aliphatic heterocycles. The van der Waals surface area contributed by atoms with Gasteiger partial charge in [0.1, 0.15) is 18.3 Å². The maximum absolute atomic E-state index is 13.0. The number of allylic oxidation sites excluding steroid dienone is 1. The maximum atomic E-state index is 13.0. The summed E-state index contributed by atoms with van der Waals surface area (Å²) in [6, 6.07) is 0. The van der Waals surface area contributed by atoms with Gasteiger partial charge < -0.3 is 14.6 Å². The fraction of sp³-hybridized carbons (Fsp3) is 0.682. The second-order valence-corrected chi connectivity index (χ2v) is 10.3. The van der Waals surface area contributed by atoms with Gasteiger partial charge in [0.2, 0.25) is 5.91 Å². The third kappa shape index (κ3) is 5.28. The third-order valence-electron chi connectivity index (χ3n) is 6.23. The number of phosphoric acid groups is 1. The van der Waals surface area contributed by atoms with Crippen LogP contribution in [0, 0.1) is 12.3 Å². The van der Waals surface area contributed by atoms with Crippen molar-refractivity contribution in [1.82, 2.24) is 4.90 Å². The van der Waals surface area contributed by atoms with Crippen LogP contribution in [0.2, 0.25) is 0 Å². The monoisotopic (exact) mass is 497 g/mol. The van der Waals surface area contributed by atoms with Crippen molar-refractivity contribution in [1.29, 1.82) is 0 Å². The van der Waals surface area contributed by atoms with Crippen molar-refractivity contribution in [2.45, 2.75) is 81.5 Å². The van der Waals surface area contributed by atoms with Crippen molar-refractivity contribution >= 4 is 25.5 Å². The Balaban J connectivity index is 1.29. The van der Waals surface area contributed by atoms with Crippen molar-refractivity contribution in [2.24, 2.45) is 0 Å². The van der Waals surface area contributed by atoms with E-state index in [-0.39, 0.29) is 43.9 Å². The summed E-state index contributed by atoms with van der Waals surface area (Å²) in [5.41, 5.74) is -2.15. The molecule has 34 heavy (non-hydrogen) atoms. The number of fused-ring (bicyclic) bond motifs is 1. The van der Waals surface area contributed by atoms with Gasteiger partial charge >= 0.3 is 13.8 Å². The Morgan fingerprint density at radius 1 is 1.32 bits per heavy atom. The summed E-state index contributed by atoms with van der Waals surface area (Å²) >= 11 is 0. The molecule has 0 aromatic heterocycles. The van der Waals surface area contributed by atoms with Crippen LogP contribution in [-0.2, 0) is 42.0 Å². The Kier molecular flexibility index (Phi) is 7.57. The number of hydrogen-bond donors (Lipinski definition) is 1. The standard InChI is InChI=1S/C22H28NO10P/c1-2-22(27)20-17(32-21(22)23-11-10-15(24)13-18(23)25)14-30-34(28,33-20)29-12-6-5-9-19(26)31-16-7-3-4-8-16/h1,10-11,16-17,20-21,27H,3-9,12-14H2/t17-,20-,21-,22-,34+/m1/s1. The summed E-state index contributed by atoms with van der Waals surface area (Å²) in [6.07, 6.45) is 9.06. The Labute approximate surface area is 197 Å². The summed E-state index contributed by atoms with van der Waals surface area (Å²) in [6.45, 7) is -0.263. The molecule has 1 aliphatic carbocycles.